The standard InChI is InChI=1S/C12H22N4O/c1-5-9(11(13)17)16-7-6-14-10(16)8-15-12(2,3)4/h6-7,9,15H,5,8H2,1-4H3,(H2,13,17). The van der Waals surface area contributed by atoms with Crippen LogP contribution in [0.5, 0.6) is 0 Å². The van der Waals surface area contributed by atoms with Crippen LogP contribution in [0, 0.1) is 0 Å². The zero-order valence-electron chi connectivity index (χ0n) is 11.0. The van der Waals surface area contributed by atoms with Gasteiger partial charge in [-0.2, -0.15) is 0 Å². The highest BCUT2D eigenvalue weighted by Crippen LogP contribution is 2.14. The number of carbonyl (C=O) groups excluding carboxylic acids is 1. The predicted molar refractivity (Wildman–Crippen MR) is 67.3 cm³/mol. The Kier molecular flexibility index (Phi) is 4.28. The molecule has 1 aromatic rings. The van der Waals surface area contributed by atoms with Gasteiger partial charge in [0, 0.05) is 17.9 Å². The molecule has 0 aliphatic heterocycles. The summed E-state index contributed by atoms with van der Waals surface area (Å²) >= 11 is 0. The normalized spacial score (nSPS) is 13.6. The van der Waals surface area contributed by atoms with Gasteiger partial charge in [0.1, 0.15) is 11.9 Å². The van der Waals surface area contributed by atoms with Gasteiger partial charge in [-0.1, -0.05) is 6.92 Å². The van der Waals surface area contributed by atoms with Crippen molar-refractivity contribution in [3.8, 4) is 0 Å². The van der Waals surface area contributed by atoms with Crippen molar-refractivity contribution in [3.05, 3.63) is 18.2 Å². The second kappa shape index (κ2) is 5.31. The molecule has 0 aromatic carbocycles. The minimum absolute atomic E-state index is 0.0191. The number of hydrogen-bond donors (Lipinski definition) is 2. The van der Waals surface area contributed by atoms with E-state index in [1.807, 2.05) is 11.5 Å². The number of rotatable bonds is 5. The summed E-state index contributed by atoms with van der Waals surface area (Å²) in [5, 5.41) is 3.35. The molecule has 0 fully saturated rings. The van der Waals surface area contributed by atoms with E-state index in [1.165, 1.54) is 0 Å². The lowest BCUT2D eigenvalue weighted by atomic mass is 10.1. The van der Waals surface area contributed by atoms with Crippen molar-refractivity contribution in [2.75, 3.05) is 0 Å². The summed E-state index contributed by atoms with van der Waals surface area (Å²) in [6, 6.07) is -0.311. The van der Waals surface area contributed by atoms with Crippen molar-refractivity contribution in [1.82, 2.24) is 14.9 Å². The van der Waals surface area contributed by atoms with Crippen LogP contribution in [-0.4, -0.2) is 21.0 Å². The Bertz CT molecular complexity index is 378. The van der Waals surface area contributed by atoms with Crippen LogP contribution in [0.25, 0.3) is 0 Å². The average molecular weight is 238 g/mol. The first-order valence-corrected chi connectivity index (χ1v) is 5.91. The Morgan fingerprint density at radius 3 is 2.71 bits per heavy atom. The Morgan fingerprint density at radius 2 is 2.24 bits per heavy atom. The number of nitrogens with zero attached hydrogens (tertiary/aromatic N) is 2. The van der Waals surface area contributed by atoms with Crippen molar-refractivity contribution in [1.29, 1.82) is 0 Å². The van der Waals surface area contributed by atoms with Gasteiger partial charge in [0.15, 0.2) is 0 Å². The van der Waals surface area contributed by atoms with Gasteiger partial charge in [-0.3, -0.25) is 4.79 Å². The van der Waals surface area contributed by atoms with Gasteiger partial charge in [0.2, 0.25) is 5.91 Å². The van der Waals surface area contributed by atoms with Crippen molar-refractivity contribution < 1.29 is 4.79 Å². The minimum atomic E-state index is -0.317. The lowest BCUT2D eigenvalue weighted by Gasteiger charge is -2.22. The van der Waals surface area contributed by atoms with Crippen LogP contribution < -0.4 is 11.1 Å². The van der Waals surface area contributed by atoms with Gasteiger partial charge in [0.25, 0.3) is 0 Å². The van der Waals surface area contributed by atoms with E-state index in [1.54, 1.807) is 12.4 Å². The Morgan fingerprint density at radius 1 is 1.59 bits per heavy atom. The monoisotopic (exact) mass is 238 g/mol. The molecule has 1 rings (SSSR count). The molecule has 0 saturated carbocycles. The zero-order chi connectivity index (χ0) is 13.1. The lowest BCUT2D eigenvalue weighted by Crippen LogP contribution is -2.36. The largest absolute Gasteiger partial charge is 0.368 e. The number of imidazole rings is 1. The fourth-order valence-corrected chi connectivity index (χ4v) is 1.64. The molecule has 0 saturated heterocycles. The number of hydrogen-bond acceptors (Lipinski definition) is 3. The maximum atomic E-state index is 11.3. The molecule has 1 atom stereocenters. The van der Waals surface area contributed by atoms with Crippen LogP contribution in [0.15, 0.2) is 12.4 Å². The molecule has 0 aliphatic carbocycles. The van der Waals surface area contributed by atoms with Gasteiger partial charge in [-0.15, -0.1) is 0 Å². The summed E-state index contributed by atoms with van der Waals surface area (Å²) in [6.07, 6.45) is 4.18. The lowest BCUT2D eigenvalue weighted by molar-refractivity contribution is -0.121. The van der Waals surface area contributed by atoms with Crippen LogP contribution in [0.1, 0.15) is 46.0 Å². The maximum Gasteiger partial charge on any atom is 0.240 e. The number of carbonyl (C=O) groups is 1. The van der Waals surface area contributed by atoms with E-state index < -0.39 is 0 Å². The molecule has 5 heteroatoms. The highest BCUT2D eigenvalue weighted by molar-refractivity contribution is 5.78. The molecule has 1 heterocycles. The molecule has 0 radical (unpaired) electrons. The fraction of sp³-hybridized carbons (Fsp3) is 0.667. The van der Waals surface area contributed by atoms with E-state index in [2.05, 4.69) is 31.1 Å². The third-order valence-electron chi connectivity index (χ3n) is 2.58. The molecule has 0 bridgehead atoms. The first-order valence-electron chi connectivity index (χ1n) is 5.91. The van der Waals surface area contributed by atoms with E-state index in [0.29, 0.717) is 13.0 Å². The average Bonchev–Trinajstić information content (AvgIpc) is 2.62. The van der Waals surface area contributed by atoms with Crippen LogP contribution in [-0.2, 0) is 11.3 Å². The van der Waals surface area contributed by atoms with Crippen molar-refractivity contribution in [2.24, 2.45) is 5.73 Å². The first kappa shape index (κ1) is 13.7. The summed E-state index contributed by atoms with van der Waals surface area (Å²) in [6.45, 7) is 8.83. The quantitative estimate of drug-likeness (QED) is 0.809. The topological polar surface area (TPSA) is 72.9 Å². The number of nitrogens with one attached hydrogen (secondary N) is 1. The van der Waals surface area contributed by atoms with E-state index in [-0.39, 0.29) is 17.5 Å². The Balaban J connectivity index is 2.81. The molecular formula is C12H22N4O. The number of nitrogens with two attached hydrogens (primary N) is 1. The number of primary amides is 1. The molecule has 1 aromatic heterocycles. The molecule has 0 aliphatic rings. The first-order chi connectivity index (χ1) is 7.85. The summed E-state index contributed by atoms with van der Waals surface area (Å²) in [5.41, 5.74) is 5.40. The van der Waals surface area contributed by atoms with Gasteiger partial charge in [-0.25, -0.2) is 4.98 Å². The predicted octanol–water partition coefficient (Wildman–Crippen LogP) is 1.21. The van der Waals surface area contributed by atoms with Gasteiger partial charge < -0.3 is 15.6 Å². The number of amides is 1. The molecule has 1 amide bonds. The van der Waals surface area contributed by atoms with Crippen molar-refractivity contribution in [2.45, 2.75) is 52.2 Å². The minimum Gasteiger partial charge on any atom is -0.368 e. The second-order valence-electron chi connectivity index (χ2n) is 5.18. The second-order valence-corrected chi connectivity index (χ2v) is 5.18. The third kappa shape index (κ3) is 3.85. The van der Waals surface area contributed by atoms with Gasteiger partial charge in [0.05, 0.1) is 6.54 Å². The Labute approximate surface area is 102 Å². The molecule has 1 unspecified atom stereocenters. The number of aromatic nitrogens is 2. The van der Waals surface area contributed by atoms with E-state index >= 15 is 0 Å². The molecule has 5 nitrogen and oxygen atoms in total. The molecule has 0 spiro atoms. The van der Waals surface area contributed by atoms with Crippen LogP contribution >= 0.6 is 0 Å². The van der Waals surface area contributed by atoms with Crippen LogP contribution in [0.4, 0.5) is 0 Å². The fourth-order valence-electron chi connectivity index (χ4n) is 1.64. The smallest absolute Gasteiger partial charge is 0.240 e. The summed E-state index contributed by atoms with van der Waals surface area (Å²) in [7, 11) is 0. The molecular weight excluding hydrogens is 216 g/mol. The SMILES string of the molecule is CCC(C(N)=O)n1ccnc1CNC(C)(C)C. The molecule has 3 N–H and O–H groups in total. The van der Waals surface area contributed by atoms with Gasteiger partial charge >= 0.3 is 0 Å². The maximum absolute atomic E-state index is 11.3. The molecule has 17 heavy (non-hydrogen) atoms. The summed E-state index contributed by atoms with van der Waals surface area (Å²) in [5.74, 6) is 0.521. The van der Waals surface area contributed by atoms with E-state index in [9.17, 15) is 4.79 Å². The van der Waals surface area contributed by atoms with E-state index in [0.717, 1.165) is 5.82 Å². The molecule has 96 valence electrons. The van der Waals surface area contributed by atoms with Crippen molar-refractivity contribution in [3.63, 3.8) is 0 Å². The van der Waals surface area contributed by atoms with Crippen LogP contribution in [0.3, 0.4) is 0 Å². The Hall–Kier alpha value is -1.36. The zero-order valence-corrected chi connectivity index (χ0v) is 11.0. The van der Waals surface area contributed by atoms with Crippen molar-refractivity contribution >= 4 is 5.91 Å². The highest BCUT2D eigenvalue weighted by Gasteiger charge is 2.19. The van der Waals surface area contributed by atoms with E-state index in [4.69, 9.17) is 5.73 Å². The van der Waals surface area contributed by atoms with Gasteiger partial charge in [-0.05, 0) is 27.2 Å². The van der Waals surface area contributed by atoms with Crippen LogP contribution in [0.2, 0.25) is 0 Å². The highest BCUT2D eigenvalue weighted by atomic mass is 16.1. The summed E-state index contributed by atoms with van der Waals surface area (Å²) in [4.78, 5) is 15.6. The summed E-state index contributed by atoms with van der Waals surface area (Å²) < 4.78 is 1.85. The third-order valence-corrected chi connectivity index (χ3v) is 2.58.